The van der Waals surface area contributed by atoms with Crippen LogP contribution in [0.4, 0.5) is 8.78 Å². The SMILES string of the molecule is NCc1c(C=O)cc(Cl)nc1C(F)F. The first kappa shape index (κ1) is 11.0. The Kier molecular flexibility index (Phi) is 3.49. The minimum atomic E-state index is -2.79. The highest BCUT2D eigenvalue weighted by Gasteiger charge is 2.18. The molecule has 0 saturated heterocycles. The number of halogens is 3. The number of carbonyl (C=O) groups excluding carboxylic acids is 1. The molecule has 0 atom stereocenters. The van der Waals surface area contributed by atoms with Gasteiger partial charge >= 0.3 is 0 Å². The van der Waals surface area contributed by atoms with Gasteiger partial charge in [-0.05, 0) is 6.07 Å². The monoisotopic (exact) mass is 220 g/mol. The number of hydrogen-bond acceptors (Lipinski definition) is 3. The summed E-state index contributed by atoms with van der Waals surface area (Å²) in [5.74, 6) is 0. The van der Waals surface area contributed by atoms with Crippen molar-refractivity contribution in [3.8, 4) is 0 Å². The average Bonchev–Trinajstić information content (AvgIpc) is 2.16. The molecule has 1 heterocycles. The van der Waals surface area contributed by atoms with Gasteiger partial charge in [-0.3, -0.25) is 4.79 Å². The van der Waals surface area contributed by atoms with Gasteiger partial charge in [0.2, 0.25) is 0 Å². The molecule has 0 bridgehead atoms. The molecule has 0 spiro atoms. The van der Waals surface area contributed by atoms with Crippen molar-refractivity contribution in [1.82, 2.24) is 4.98 Å². The largest absolute Gasteiger partial charge is 0.326 e. The van der Waals surface area contributed by atoms with Crippen LogP contribution >= 0.6 is 11.6 Å². The molecule has 0 aliphatic heterocycles. The van der Waals surface area contributed by atoms with Crippen molar-refractivity contribution in [3.63, 3.8) is 0 Å². The maximum Gasteiger partial charge on any atom is 0.280 e. The first-order chi connectivity index (χ1) is 6.60. The number of nitrogens with two attached hydrogens (primary N) is 1. The molecule has 6 heteroatoms. The van der Waals surface area contributed by atoms with Crippen molar-refractivity contribution in [2.45, 2.75) is 13.0 Å². The van der Waals surface area contributed by atoms with E-state index in [1.54, 1.807) is 0 Å². The van der Waals surface area contributed by atoms with E-state index in [9.17, 15) is 13.6 Å². The van der Waals surface area contributed by atoms with Crippen molar-refractivity contribution in [3.05, 3.63) is 28.0 Å². The molecule has 0 saturated carbocycles. The average molecular weight is 221 g/mol. The molecule has 3 nitrogen and oxygen atoms in total. The smallest absolute Gasteiger partial charge is 0.280 e. The van der Waals surface area contributed by atoms with E-state index >= 15 is 0 Å². The number of carbonyl (C=O) groups is 1. The third-order valence-electron chi connectivity index (χ3n) is 1.70. The Morgan fingerprint density at radius 2 is 2.29 bits per heavy atom. The van der Waals surface area contributed by atoms with Crippen molar-refractivity contribution >= 4 is 17.9 Å². The molecule has 1 aromatic rings. The van der Waals surface area contributed by atoms with Crippen LogP contribution in [-0.4, -0.2) is 11.3 Å². The van der Waals surface area contributed by atoms with Gasteiger partial charge in [-0.15, -0.1) is 0 Å². The van der Waals surface area contributed by atoms with Crippen molar-refractivity contribution in [2.24, 2.45) is 5.73 Å². The van der Waals surface area contributed by atoms with Crippen molar-refractivity contribution in [1.29, 1.82) is 0 Å². The highest BCUT2D eigenvalue weighted by Crippen LogP contribution is 2.25. The first-order valence-electron chi connectivity index (χ1n) is 3.72. The number of pyridine rings is 1. The fraction of sp³-hybridized carbons (Fsp3) is 0.250. The topological polar surface area (TPSA) is 56.0 Å². The van der Waals surface area contributed by atoms with Gasteiger partial charge in [0.1, 0.15) is 10.8 Å². The molecule has 0 aliphatic rings. The molecule has 0 unspecified atom stereocenters. The van der Waals surface area contributed by atoms with E-state index in [2.05, 4.69) is 4.98 Å². The van der Waals surface area contributed by atoms with Crippen LogP contribution in [0.25, 0.3) is 0 Å². The Morgan fingerprint density at radius 1 is 1.64 bits per heavy atom. The van der Waals surface area contributed by atoms with E-state index in [1.807, 2.05) is 0 Å². The lowest BCUT2D eigenvalue weighted by Gasteiger charge is -2.08. The molecule has 0 amide bonds. The molecule has 0 radical (unpaired) electrons. The van der Waals surface area contributed by atoms with E-state index in [4.69, 9.17) is 17.3 Å². The summed E-state index contributed by atoms with van der Waals surface area (Å²) in [6, 6.07) is 1.21. The molecule has 2 N–H and O–H groups in total. The van der Waals surface area contributed by atoms with Crippen LogP contribution in [0.1, 0.15) is 28.0 Å². The van der Waals surface area contributed by atoms with E-state index in [0.29, 0.717) is 6.29 Å². The van der Waals surface area contributed by atoms with Gasteiger partial charge in [-0.2, -0.15) is 0 Å². The summed E-state index contributed by atoms with van der Waals surface area (Å²) in [7, 11) is 0. The molecule has 76 valence electrons. The van der Waals surface area contributed by atoms with Gasteiger partial charge in [-0.25, -0.2) is 13.8 Å². The Labute approximate surface area is 83.9 Å². The highest BCUT2D eigenvalue weighted by atomic mass is 35.5. The Morgan fingerprint density at radius 3 is 2.71 bits per heavy atom. The summed E-state index contributed by atoms with van der Waals surface area (Å²) in [4.78, 5) is 14.0. The standard InChI is InChI=1S/C8H7ClF2N2O/c9-6-1-4(3-14)5(2-12)7(13-6)8(10)11/h1,3,8H,2,12H2. The molecule has 0 fully saturated rings. The summed E-state index contributed by atoms with van der Waals surface area (Å²) in [6.07, 6.45) is -2.35. The second-order valence-corrected chi connectivity index (χ2v) is 2.91. The van der Waals surface area contributed by atoms with E-state index in [0.717, 1.165) is 0 Å². The molecule has 1 aromatic heterocycles. The van der Waals surface area contributed by atoms with Gasteiger partial charge in [-0.1, -0.05) is 11.6 Å². The molecule has 1 rings (SSSR count). The lowest BCUT2D eigenvalue weighted by Crippen LogP contribution is -2.08. The maximum absolute atomic E-state index is 12.4. The summed E-state index contributed by atoms with van der Waals surface area (Å²) in [5.41, 5.74) is 4.81. The normalized spacial score (nSPS) is 10.6. The van der Waals surface area contributed by atoms with Gasteiger partial charge in [0.15, 0.2) is 6.29 Å². The number of nitrogens with zero attached hydrogens (tertiary/aromatic N) is 1. The van der Waals surface area contributed by atoms with Crippen LogP contribution in [0.2, 0.25) is 5.15 Å². The minimum absolute atomic E-state index is 0.0411. The van der Waals surface area contributed by atoms with Gasteiger partial charge in [0.05, 0.1) is 0 Å². The second-order valence-electron chi connectivity index (χ2n) is 2.52. The van der Waals surface area contributed by atoms with Crippen LogP contribution in [0.3, 0.4) is 0 Å². The maximum atomic E-state index is 12.4. The van der Waals surface area contributed by atoms with E-state index in [-0.39, 0.29) is 22.8 Å². The molecule has 14 heavy (non-hydrogen) atoms. The predicted octanol–water partition coefficient (Wildman–Crippen LogP) is 1.94. The number of hydrogen-bond donors (Lipinski definition) is 1. The first-order valence-corrected chi connectivity index (χ1v) is 4.10. The quantitative estimate of drug-likeness (QED) is 0.626. The second kappa shape index (κ2) is 4.43. The fourth-order valence-electron chi connectivity index (χ4n) is 1.09. The summed E-state index contributed by atoms with van der Waals surface area (Å²) < 4.78 is 24.8. The van der Waals surface area contributed by atoms with Crippen LogP contribution in [-0.2, 0) is 6.54 Å². The number of aldehydes is 1. The van der Waals surface area contributed by atoms with Gasteiger partial charge < -0.3 is 5.73 Å². The molecular formula is C8H7ClF2N2O. The lowest BCUT2D eigenvalue weighted by atomic mass is 10.1. The summed E-state index contributed by atoms with van der Waals surface area (Å²) in [6.45, 7) is -0.169. The lowest BCUT2D eigenvalue weighted by molar-refractivity contribution is 0.112. The number of alkyl halides is 2. The Hall–Kier alpha value is -1.07. The molecule has 0 aromatic carbocycles. The molecular weight excluding hydrogens is 214 g/mol. The number of rotatable bonds is 3. The van der Waals surface area contributed by atoms with Crippen molar-refractivity contribution in [2.75, 3.05) is 0 Å². The van der Waals surface area contributed by atoms with Gasteiger partial charge in [0.25, 0.3) is 6.43 Å². The van der Waals surface area contributed by atoms with E-state index in [1.165, 1.54) is 6.07 Å². The zero-order chi connectivity index (χ0) is 10.7. The zero-order valence-electron chi connectivity index (χ0n) is 7.01. The van der Waals surface area contributed by atoms with Crippen LogP contribution in [0, 0.1) is 0 Å². The van der Waals surface area contributed by atoms with Crippen molar-refractivity contribution < 1.29 is 13.6 Å². The zero-order valence-corrected chi connectivity index (χ0v) is 7.76. The van der Waals surface area contributed by atoms with Crippen LogP contribution in [0.15, 0.2) is 6.07 Å². The van der Waals surface area contributed by atoms with Crippen LogP contribution in [0.5, 0.6) is 0 Å². The van der Waals surface area contributed by atoms with Gasteiger partial charge in [0, 0.05) is 17.7 Å². The predicted molar refractivity (Wildman–Crippen MR) is 47.5 cm³/mol. The third kappa shape index (κ3) is 2.05. The minimum Gasteiger partial charge on any atom is -0.326 e. The summed E-state index contributed by atoms with van der Waals surface area (Å²) in [5, 5.41) is -0.139. The molecule has 0 aliphatic carbocycles. The van der Waals surface area contributed by atoms with E-state index < -0.39 is 12.1 Å². The number of aromatic nitrogens is 1. The fourth-order valence-corrected chi connectivity index (χ4v) is 1.29. The van der Waals surface area contributed by atoms with Crippen LogP contribution < -0.4 is 5.73 Å². The highest BCUT2D eigenvalue weighted by molar-refractivity contribution is 6.29. The third-order valence-corrected chi connectivity index (χ3v) is 1.89. The Bertz CT molecular complexity index is 357. The Balaban J connectivity index is 3.39. The summed E-state index contributed by atoms with van der Waals surface area (Å²) >= 11 is 5.46.